The van der Waals surface area contributed by atoms with Gasteiger partial charge in [-0.2, -0.15) is 0 Å². The number of nitrogens with zero attached hydrogens (tertiary/aromatic N) is 1. The number of nitrogens with one attached hydrogen (secondary N) is 1. The third kappa shape index (κ3) is 10.4. The Morgan fingerprint density at radius 1 is 0.852 bits per heavy atom. The summed E-state index contributed by atoms with van der Waals surface area (Å²) in [6, 6.07) is 0. The lowest BCUT2D eigenvalue weighted by Gasteiger charge is -2.36. The maximum Gasteiger partial charge on any atom is 0.169 e. The normalized spacial score (nSPS) is 22.0. The highest BCUT2D eigenvalue weighted by Gasteiger charge is 2.35. The number of quaternary nitrogens is 1. The molecule has 1 rings (SSSR count). The first-order valence-corrected chi connectivity index (χ1v) is 11.8. The highest BCUT2D eigenvalue weighted by atomic mass is 16.3. The zero-order chi connectivity index (χ0) is 19.6. The van der Waals surface area contributed by atoms with E-state index in [0.717, 1.165) is 24.0 Å². The van der Waals surface area contributed by atoms with Crippen LogP contribution in [0.3, 0.4) is 0 Å². The predicted octanol–water partition coefficient (Wildman–Crippen LogP) is 6.25. The SMILES string of the molecule is CCCCCCCCCCCCCC/C=C/CC1NC=C[N+]1(CC)CCO. The molecule has 1 aliphatic heterocycles. The lowest BCUT2D eigenvalue weighted by molar-refractivity contribution is -0.899. The highest BCUT2D eigenvalue weighted by molar-refractivity contribution is 4.91. The van der Waals surface area contributed by atoms with E-state index in [4.69, 9.17) is 0 Å². The molecule has 0 aromatic carbocycles. The van der Waals surface area contributed by atoms with Gasteiger partial charge >= 0.3 is 0 Å². The molecule has 0 bridgehead atoms. The number of unbranched alkanes of at least 4 members (excludes halogenated alkanes) is 12. The van der Waals surface area contributed by atoms with Crippen LogP contribution < -0.4 is 5.32 Å². The molecule has 0 amide bonds. The molecule has 3 heteroatoms. The van der Waals surface area contributed by atoms with Gasteiger partial charge in [0.25, 0.3) is 0 Å². The molecular weight excluding hydrogens is 332 g/mol. The second-order valence-electron chi connectivity index (χ2n) is 8.25. The largest absolute Gasteiger partial charge is 0.390 e. The summed E-state index contributed by atoms with van der Waals surface area (Å²) in [5.74, 6) is 0. The molecule has 0 saturated carbocycles. The number of aliphatic hydroxyl groups is 1. The molecule has 1 aliphatic rings. The van der Waals surface area contributed by atoms with Crippen LogP contribution >= 0.6 is 0 Å². The summed E-state index contributed by atoms with van der Waals surface area (Å²) >= 11 is 0. The van der Waals surface area contributed by atoms with Crippen molar-refractivity contribution in [2.24, 2.45) is 0 Å². The van der Waals surface area contributed by atoms with E-state index in [1.54, 1.807) is 0 Å². The fourth-order valence-electron chi connectivity index (χ4n) is 4.18. The lowest BCUT2D eigenvalue weighted by atomic mass is 10.0. The summed E-state index contributed by atoms with van der Waals surface area (Å²) in [6.45, 7) is 6.57. The minimum atomic E-state index is 0.249. The Morgan fingerprint density at radius 2 is 1.44 bits per heavy atom. The van der Waals surface area contributed by atoms with Gasteiger partial charge in [-0.25, -0.2) is 0 Å². The zero-order valence-electron chi connectivity index (χ0n) is 18.3. The molecular formula is C24H47N2O+. The average Bonchev–Trinajstić information content (AvgIpc) is 3.08. The zero-order valence-corrected chi connectivity index (χ0v) is 18.3. The van der Waals surface area contributed by atoms with Gasteiger partial charge in [-0.05, 0) is 19.8 Å². The molecule has 0 aromatic rings. The Bertz CT molecular complexity index is 394. The molecule has 1 heterocycles. The number of rotatable bonds is 18. The van der Waals surface area contributed by atoms with Crippen LogP contribution in [0, 0.1) is 0 Å². The third-order valence-corrected chi connectivity index (χ3v) is 6.14. The smallest absolute Gasteiger partial charge is 0.169 e. The second kappa shape index (κ2) is 16.2. The topological polar surface area (TPSA) is 32.3 Å². The maximum absolute atomic E-state index is 9.35. The first-order valence-electron chi connectivity index (χ1n) is 11.8. The van der Waals surface area contributed by atoms with Crippen molar-refractivity contribution in [3.05, 3.63) is 24.6 Å². The standard InChI is InChI=1S/C24H47N2O/c1-3-5-6-7-8-9-10-11-12-13-14-15-16-17-18-19-24-25-20-21-26(24,4-2)22-23-27/h17-18,20-21,24-25,27H,3-16,19,22-23H2,1-2H3/q+1/b18-17+. The highest BCUT2D eigenvalue weighted by Crippen LogP contribution is 2.21. The summed E-state index contributed by atoms with van der Waals surface area (Å²) in [7, 11) is 0. The van der Waals surface area contributed by atoms with E-state index in [1.165, 1.54) is 83.5 Å². The van der Waals surface area contributed by atoms with Crippen LogP contribution in [-0.2, 0) is 0 Å². The summed E-state index contributed by atoms with van der Waals surface area (Å²) in [4.78, 5) is 0. The fourth-order valence-corrected chi connectivity index (χ4v) is 4.18. The monoisotopic (exact) mass is 379 g/mol. The van der Waals surface area contributed by atoms with Crippen molar-refractivity contribution in [1.82, 2.24) is 5.32 Å². The molecule has 3 nitrogen and oxygen atoms in total. The van der Waals surface area contributed by atoms with Crippen LogP contribution in [0.5, 0.6) is 0 Å². The molecule has 158 valence electrons. The minimum Gasteiger partial charge on any atom is -0.390 e. The van der Waals surface area contributed by atoms with E-state index in [9.17, 15) is 5.11 Å². The Kier molecular flexibility index (Phi) is 14.5. The van der Waals surface area contributed by atoms with Crippen LogP contribution in [0.2, 0.25) is 0 Å². The van der Waals surface area contributed by atoms with Crippen LogP contribution in [0.25, 0.3) is 0 Å². The van der Waals surface area contributed by atoms with Gasteiger partial charge in [0, 0.05) is 6.42 Å². The Labute approximate surface area is 169 Å². The van der Waals surface area contributed by atoms with Gasteiger partial charge in [-0.15, -0.1) is 0 Å². The molecule has 2 unspecified atom stereocenters. The lowest BCUT2D eigenvalue weighted by Crippen LogP contribution is -2.53. The molecule has 0 aromatic heterocycles. The molecule has 0 aliphatic carbocycles. The van der Waals surface area contributed by atoms with Crippen molar-refractivity contribution in [2.45, 2.75) is 110 Å². The Morgan fingerprint density at radius 3 is 2.00 bits per heavy atom. The average molecular weight is 380 g/mol. The van der Waals surface area contributed by atoms with Gasteiger partial charge in [-0.1, -0.05) is 89.7 Å². The molecule has 0 radical (unpaired) electrons. The van der Waals surface area contributed by atoms with Crippen molar-refractivity contribution in [1.29, 1.82) is 0 Å². The summed E-state index contributed by atoms with van der Waals surface area (Å²) in [5.41, 5.74) is 0. The van der Waals surface area contributed by atoms with Crippen molar-refractivity contribution >= 4 is 0 Å². The Balaban J connectivity index is 1.94. The molecule has 0 spiro atoms. The molecule has 0 saturated heterocycles. The Hall–Kier alpha value is -0.800. The summed E-state index contributed by atoms with van der Waals surface area (Å²) < 4.78 is 0.861. The number of allylic oxidation sites excluding steroid dienone is 1. The summed E-state index contributed by atoms with van der Waals surface area (Å²) in [5, 5.41) is 12.8. The first kappa shape index (κ1) is 24.2. The van der Waals surface area contributed by atoms with Gasteiger partial charge < -0.3 is 10.4 Å². The number of likely N-dealkylation sites (N-methyl/N-ethyl adjacent to an activating group) is 1. The van der Waals surface area contributed by atoms with Gasteiger partial charge in [-0.3, -0.25) is 4.48 Å². The van der Waals surface area contributed by atoms with E-state index < -0.39 is 0 Å². The van der Waals surface area contributed by atoms with Crippen LogP contribution in [0.15, 0.2) is 24.6 Å². The van der Waals surface area contributed by atoms with Crippen molar-refractivity contribution in [3.63, 3.8) is 0 Å². The van der Waals surface area contributed by atoms with E-state index in [0.29, 0.717) is 6.17 Å². The molecule has 0 fully saturated rings. The van der Waals surface area contributed by atoms with E-state index in [-0.39, 0.29) is 6.61 Å². The maximum atomic E-state index is 9.35. The van der Waals surface area contributed by atoms with Crippen LogP contribution in [-0.4, -0.2) is 35.5 Å². The van der Waals surface area contributed by atoms with Crippen LogP contribution in [0.4, 0.5) is 0 Å². The van der Waals surface area contributed by atoms with Gasteiger partial charge in [0.05, 0.1) is 19.4 Å². The van der Waals surface area contributed by atoms with Crippen molar-refractivity contribution < 1.29 is 9.59 Å². The van der Waals surface area contributed by atoms with Gasteiger partial charge in [0.1, 0.15) is 12.7 Å². The number of aliphatic hydroxyl groups excluding tert-OH is 1. The summed E-state index contributed by atoms with van der Waals surface area (Å²) in [6.07, 6.45) is 28.6. The van der Waals surface area contributed by atoms with E-state index >= 15 is 0 Å². The predicted molar refractivity (Wildman–Crippen MR) is 118 cm³/mol. The van der Waals surface area contributed by atoms with Crippen molar-refractivity contribution in [2.75, 3.05) is 19.7 Å². The van der Waals surface area contributed by atoms with Crippen molar-refractivity contribution in [3.8, 4) is 0 Å². The first-order chi connectivity index (χ1) is 13.3. The van der Waals surface area contributed by atoms with Gasteiger partial charge in [0.15, 0.2) is 6.17 Å². The minimum absolute atomic E-state index is 0.249. The molecule has 27 heavy (non-hydrogen) atoms. The number of hydrogen-bond donors (Lipinski definition) is 2. The quantitative estimate of drug-likeness (QED) is 0.167. The van der Waals surface area contributed by atoms with E-state index in [1.807, 2.05) is 0 Å². The van der Waals surface area contributed by atoms with Crippen LogP contribution in [0.1, 0.15) is 104 Å². The van der Waals surface area contributed by atoms with E-state index in [2.05, 4.69) is 43.7 Å². The third-order valence-electron chi connectivity index (χ3n) is 6.14. The van der Waals surface area contributed by atoms with Gasteiger partial charge in [0.2, 0.25) is 0 Å². The molecule has 2 atom stereocenters. The molecule has 2 N–H and O–H groups in total. The fraction of sp³-hybridized carbons (Fsp3) is 0.833. The number of hydrogen-bond acceptors (Lipinski definition) is 2. The second-order valence-corrected chi connectivity index (χ2v) is 8.25.